The summed E-state index contributed by atoms with van der Waals surface area (Å²) < 4.78 is 1.26. The van der Waals surface area contributed by atoms with E-state index in [1.54, 1.807) is 0 Å². The number of hydrogen-bond donors (Lipinski definition) is 2. The monoisotopic (exact) mass is 332 g/mol. The summed E-state index contributed by atoms with van der Waals surface area (Å²) in [5, 5.41) is 0. The molecule has 16 heavy (non-hydrogen) atoms. The van der Waals surface area contributed by atoms with E-state index >= 15 is 0 Å². The van der Waals surface area contributed by atoms with Crippen molar-refractivity contribution in [1.82, 2.24) is 5.43 Å². The Hall–Kier alpha value is -0.130. The predicted molar refractivity (Wildman–Crippen MR) is 77.9 cm³/mol. The predicted octanol–water partition coefficient (Wildman–Crippen LogP) is 3.62. The van der Waals surface area contributed by atoms with Crippen molar-refractivity contribution in [1.29, 1.82) is 0 Å². The van der Waals surface area contributed by atoms with Crippen LogP contribution in [-0.4, -0.2) is 0 Å². The summed E-state index contributed by atoms with van der Waals surface area (Å²) in [4.78, 5) is 0. The molecule has 3 N–H and O–H groups in total. The second-order valence-electron chi connectivity index (χ2n) is 4.19. The average molecular weight is 332 g/mol. The fourth-order valence-electron chi connectivity index (χ4n) is 1.98. The summed E-state index contributed by atoms with van der Waals surface area (Å²) in [6, 6.07) is 8.82. The molecule has 0 aliphatic heterocycles. The first-order valence-corrected chi connectivity index (χ1v) is 7.00. The van der Waals surface area contributed by atoms with Crippen molar-refractivity contribution in [3.8, 4) is 0 Å². The van der Waals surface area contributed by atoms with Crippen molar-refractivity contribution < 1.29 is 0 Å². The molecule has 0 radical (unpaired) electrons. The van der Waals surface area contributed by atoms with Gasteiger partial charge >= 0.3 is 0 Å². The third-order valence-corrected chi connectivity index (χ3v) is 3.85. The Labute approximate surface area is 112 Å². The van der Waals surface area contributed by atoms with Gasteiger partial charge in [0.1, 0.15) is 0 Å². The number of halogens is 1. The molecule has 3 heteroatoms. The average Bonchev–Trinajstić information content (AvgIpc) is 2.31. The van der Waals surface area contributed by atoms with Crippen molar-refractivity contribution in [3.05, 3.63) is 33.4 Å². The molecule has 0 saturated carbocycles. The van der Waals surface area contributed by atoms with Crippen LogP contribution in [0, 0.1) is 9.49 Å². The standard InChI is InChI=1S/C13H21IN2/c1-3-10(4-2)8-13(16-15)11-6-5-7-12(14)9-11/h5-7,9-10,13,16H,3-4,8,15H2,1-2H3. The van der Waals surface area contributed by atoms with Crippen LogP contribution in [0.3, 0.4) is 0 Å². The molecular weight excluding hydrogens is 311 g/mol. The van der Waals surface area contributed by atoms with Gasteiger partial charge in [-0.3, -0.25) is 11.3 Å². The van der Waals surface area contributed by atoms with Crippen molar-refractivity contribution in [2.24, 2.45) is 11.8 Å². The van der Waals surface area contributed by atoms with Crippen LogP contribution in [0.25, 0.3) is 0 Å². The molecule has 1 aromatic rings. The van der Waals surface area contributed by atoms with Gasteiger partial charge in [0.2, 0.25) is 0 Å². The van der Waals surface area contributed by atoms with Crippen LogP contribution in [0.15, 0.2) is 24.3 Å². The smallest absolute Gasteiger partial charge is 0.0463 e. The summed E-state index contributed by atoms with van der Waals surface area (Å²) in [5.41, 5.74) is 4.23. The molecule has 1 unspecified atom stereocenters. The minimum absolute atomic E-state index is 0.277. The fourth-order valence-corrected chi connectivity index (χ4v) is 2.55. The number of nitrogens with one attached hydrogen (secondary N) is 1. The van der Waals surface area contributed by atoms with E-state index in [0.717, 1.165) is 12.3 Å². The van der Waals surface area contributed by atoms with Gasteiger partial charge < -0.3 is 0 Å². The zero-order valence-electron chi connectivity index (χ0n) is 10.0. The van der Waals surface area contributed by atoms with Gasteiger partial charge in [-0.15, -0.1) is 0 Å². The molecule has 1 atom stereocenters. The lowest BCUT2D eigenvalue weighted by molar-refractivity contribution is 0.375. The highest BCUT2D eigenvalue weighted by Gasteiger charge is 2.14. The van der Waals surface area contributed by atoms with Gasteiger partial charge in [-0.2, -0.15) is 0 Å². The summed E-state index contributed by atoms with van der Waals surface area (Å²) in [6.07, 6.45) is 3.56. The molecule has 0 heterocycles. The third kappa shape index (κ3) is 4.03. The van der Waals surface area contributed by atoms with Crippen molar-refractivity contribution in [2.75, 3.05) is 0 Å². The largest absolute Gasteiger partial charge is 0.271 e. The first-order valence-electron chi connectivity index (χ1n) is 5.92. The summed E-state index contributed by atoms with van der Waals surface area (Å²) in [7, 11) is 0. The van der Waals surface area contributed by atoms with Crippen LogP contribution < -0.4 is 11.3 Å². The number of nitrogens with two attached hydrogens (primary N) is 1. The molecule has 1 aromatic carbocycles. The molecule has 0 saturated heterocycles. The summed E-state index contributed by atoms with van der Waals surface area (Å²) in [6.45, 7) is 4.49. The van der Waals surface area contributed by atoms with Crippen LogP contribution >= 0.6 is 22.6 Å². The molecule has 0 fully saturated rings. The van der Waals surface area contributed by atoms with E-state index in [9.17, 15) is 0 Å². The van der Waals surface area contributed by atoms with E-state index in [4.69, 9.17) is 5.84 Å². The van der Waals surface area contributed by atoms with Gasteiger partial charge in [-0.05, 0) is 52.6 Å². The van der Waals surface area contributed by atoms with Crippen molar-refractivity contribution in [2.45, 2.75) is 39.2 Å². The number of hydrazine groups is 1. The normalized spacial score (nSPS) is 13.1. The highest BCUT2D eigenvalue weighted by Crippen LogP contribution is 2.25. The van der Waals surface area contributed by atoms with Crippen LogP contribution in [0.5, 0.6) is 0 Å². The Morgan fingerprint density at radius 1 is 1.31 bits per heavy atom. The van der Waals surface area contributed by atoms with Gasteiger partial charge in [0.25, 0.3) is 0 Å². The van der Waals surface area contributed by atoms with Gasteiger partial charge in [0, 0.05) is 9.61 Å². The lowest BCUT2D eigenvalue weighted by Crippen LogP contribution is -2.29. The maximum atomic E-state index is 5.66. The van der Waals surface area contributed by atoms with Crippen molar-refractivity contribution >= 4 is 22.6 Å². The maximum absolute atomic E-state index is 5.66. The van der Waals surface area contributed by atoms with E-state index in [-0.39, 0.29) is 6.04 Å². The Balaban J connectivity index is 2.74. The molecule has 0 aromatic heterocycles. The van der Waals surface area contributed by atoms with Crippen LogP contribution in [0.2, 0.25) is 0 Å². The lowest BCUT2D eigenvalue weighted by atomic mass is 9.91. The van der Waals surface area contributed by atoms with Gasteiger partial charge in [0.05, 0.1) is 0 Å². The van der Waals surface area contributed by atoms with Crippen LogP contribution in [0.1, 0.15) is 44.7 Å². The fraction of sp³-hybridized carbons (Fsp3) is 0.538. The summed E-state index contributed by atoms with van der Waals surface area (Å²) in [5.74, 6) is 6.41. The number of hydrogen-bond acceptors (Lipinski definition) is 2. The second kappa shape index (κ2) is 7.25. The van der Waals surface area contributed by atoms with E-state index < -0.39 is 0 Å². The molecule has 90 valence electrons. The van der Waals surface area contributed by atoms with E-state index in [0.29, 0.717) is 0 Å². The minimum atomic E-state index is 0.277. The molecule has 0 bridgehead atoms. The molecule has 0 aliphatic carbocycles. The van der Waals surface area contributed by atoms with Crippen LogP contribution in [-0.2, 0) is 0 Å². The minimum Gasteiger partial charge on any atom is -0.271 e. The highest BCUT2D eigenvalue weighted by molar-refractivity contribution is 14.1. The molecule has 0 amide bonds. The Morgan fingerprint density at radius 2 is 2.00 bits per heavy atom. The summed E-state index contributed by atoms with van der Waals surface area (Å²) >= 11 is 2.34. The van der Waals surface area contributed by atoms with E-state index in [1.165, 1.54) is 22.0 Å². The third-order valence-electron chi connectivity index (χ3n) is 3.18. The van der Waals surface area contributed by atoms with Crippen LogP contribution in [0.4, 0.5) is 0 Å². The first kappa shape index (κ1) is 13.9. The zero-order valence-corrected chi connectivity index (χ0v) is 12.2. The maximum Gasteiger partial charge on any atom is 0.0463 e. The Bertz CT molecular complexity index is 311. The van der Waals surface area contributed by atoms with Crippen molar-refractivity contribution in [3.63, 3.8) is 0 Å². The molecule has 0 spiro atoms. The Kier molecular flexibility index (Phi) is 6.31. The van der Waals surface area contributed by atoms with Gasteiger partial charge in [-0.25, -0.2) is 0 Å². The lowest BCUT2D eigenvalue weighted by Gasteiger charge is -2.21. The van der Waals surface area contributed by atoms with E-state index in [1.807, 2.05) is 0 Å². The molecule has 1 rings (SSSR count). The number of rotatable bonds is 6. The number of benzene rings is 1. The molecule has 0 aliphatic rings. The zero-order chi connectivity index (χ0) is 12.0. The van der Waals surface area contributed by atoms with Gasteiger partial charge in [-0.1, -0.05) is 38.8 Å². The topological polar surface area (TPSA) is 38.0 Å². The second-order valence-corrected chi connectivity index (χ2v) is 5.44. The highest BCUT2D eigenvalue weighted by atomic mass is 127. The first-order chi connectivity index (χ1) is 7.71. The molecular formula is C13H21IN2. The van der Waals surface area contributed by atoms with Gasteiger partial charge in [0.15, 0.2) is 0 Å². The SMILES string of the molecule is CCC(CC)CC(NN)c1cccc(I)c1. The quantitative estimate of drug-likeness (QED) is 0.474. The molecule has 2 nitrogen and oxygen atoms in total. The van der Waals surface area contributed by atoms with E-state index in [2.05, 4.69) is 66.1 Å². The Morgan fingerprint density at radius 3 is 2.50 bits per heavy atom.